The summed E-state index contributed by atoms with van der Waals surface area (Å²) in [5.41, 5.74) is 3.79. The standard InChI is InChI=1S/C13H17NO2S.C8H9F/c1-13(2)8-7-11(9-13)10-3-5-12(6-4-10)17(14,15)16;1-7-3-2-4-8(9)6-5-7/h3-7H,8-9H2,1-2H3,(H2,14,15,16);2-3,5-6H,4H2,1H3. The summed E-state index contributed by atoms with van der Waals surface area (Å²) < 4.78 is 34.6. The van der Waals surface area contributed by atoms with Gasteiger partial charge >= 0.3 is 0 Å². The first-order valence-corrected chi connectivity index (χ1v) is 10.1. The summed E-state index contributed by atoms with van der Waals surface area (Å²) in [5.74, 6) is -0.0666. The second kappa shape index (κ2) is 8.14. The summed E-state index contributed by atoms with van der Waals surface area (Å²) in [5, 5.41) is 5.06. The molecule has 1 aromatic rings. The van der Waals surface area contributed by atoms with Crippen LogP contribution in [-0.4, -0.2) is 8.42 Å². The summed E-state index contributed by atoms with van der Waals surface area (Å²) in [6.45, 7) is 6.41. The third-order valence-electron chi connectivity index (χ3n) is 4.34. The topological polar surface area (TPSA) is 60.2 Å². The van der Waals surface area contributed by atoms with Crippen LogP contribution in [0.5, 0.6) is 0 Å². The highest BCUT2D eigenvalue weighted by Gasteiger charge is 2.25. The van der Waals surface area contributed by atoms with Crippen LogP contribution in [-0.2, 0) is 10.0 Å². The smallest absolute Gasteiger partial charge is 0.225 e. The highest BCUT2D eigenvalue weighted by molar-refractivity contribution is 7.89. The maximum Gasteiger partial charge on any atom is 0.238 e. The minimum atomic E-state index is -3.59. The minimum Gasteiger partial charge on any atom is -0.225 e. The summed E-state index contributed by atoms with van der Waals surface area (Å²) in [6, 6.07) is 6.79. The molecule has 0 aliphatic heterocycles. The Hall–Kier alpha value is -1.98. The summed E-state index contributed by atoms with van der Waals surface area (Å²) >= 11 is 0. The highest BCUT2D eigenvalue weighted by Crippen LogP contribution is 2.40. The molecule has 0 amide bonds. The fourth-order valence-corrected chi connectivity index (χ4v) is 3.36. The van der Waals surface area contributed by atoms with Crippen LogP contribution < -0.4 is 5.14 Å². The number of halogens is 1. The molecule has 5 heteroatoms. The average molecular weight is 376 g/mol. The van der Waals surface area contributed by atoms with Gasteiger partial charge < -0.3 is 0 Å². The number of sulfonamides is 1. The molecule has 0 saturated heterocycles. The van der Waals surface area contributed by atoms with Gasteiger partial charge in [0.15, 0.2) is 0 Å². The molecule has 0 atom stereocenters. The molecule has 2 N–H and O–H groups in total. The van der Waals surface area contributed by atoms with Gasteiger partial charge in [-0.1, -0.05) is 55.9 Å². The molecule has 0 unspecified atom stereocenters. The zero-order valence-electron chi connectivity index (χ0n) is 15.5. The molecule has 2 aliphatic carbocycles. The Labute approximate surface area is 155 Å². The fourth-order valence-electron chi connectivity index (χ4n) is 2.84. The van der Waals surface area contributed by atoms with Gasteiger partial charge in [0.2, 0.25) is 10.0 Å². The van der Waals surface area contributed by atoms with E-state index < -0.39 is 10.0 Å². The number of allylic oxidation sites excluding steroid dienone is 8. The number of rotatable bonds is 2. The molecule has 1 aromatic carbocycles. The lowest BCUT2D eigenvalue weighted by Gasteiger charge is -2.16. The summed E-state index contributed by atoms with van der Waals surface area (Å²) in [7, 11) is -3.59. The molecule has 0 saturated carbocycles. The SMILES string of the molecule is CC1(C)CC=C(c2ccc(S(N)(=O)=O)cc2)C1.CC1=CC=C(F)CC=C1. The van der Waals surface area contributed by atoms with Gasteiger partial charge in [-0.3, -0.25) is 0 Å². The van der Waals surface area contributed by atoms with Crippen molar-refractivity contribution in [1.82, 2.24) is 0 Å². The number of hydrogen-bond donors (Lipinski definition) is 1. The molecule has 0 bridgehead atoms. The normalized spacial score (nSPS) is 18.9. The zero-order chi connectivity index (χ0) is 19.4. The Bertz CT molecular complexity index is 873. The van der Waals surface area contributed by atoms with Crippen LogP contribution in [0.2, 0.25) is 0 Å². The van der Waals surface area contributed by atoms with Crippen molar-refractivity contribution in [2.75, 3.05) is 0 Å². The molecule has 3 rings (SSSR count). The molecule has 26 heavy (non-hydrogen) atoms. The quantitative estimate of drug-likeness (QED) is 0.764. The van der Waals surface area contributed by atoms with Crippen molar-refractivity contribution in [1.29, 1.82) is 0 Å². The zero-order valence-corrected chi connectivity index (χ0v) is 16.3. The second-order valence-electron chi connectivity index (χ2n) is 7.47. The predicted octanol–water partition coefficient (Wildman–Crippen LogP) is 5.28. The van der Waals surface area contributed by atoms with Crippen molar-refractivity contribution in [2.24, 2.45) is 10.6 Å². The Kier molecular flexibility index (Phi) is 6.37. The third kappa shape index (κ3) is 6.07. The van der Waals surface area contributed by atoms with E-state index in [1.54, 1.807) is 18.2 Å². The average Bonchev–Trinajstić information content (AvgIpc) is 2.81. The maximum atomic E-state index is 12.4. The number of primary sulfonamides is 1. The van der Waals surface area contributed by atoms with Crippen LogP contribution in [0.3, 0.4) is 0 Å². The first-order valence-electron chi connectivity index (χ1n) is 8.59. The van der Waals surface area contributed by atoms with E-state index in [2.05, 4.69) is 19.9 Å². The van der Waals surface area contributed by atoms with Crippen LogP contribution in [0.15, 0.2) is 70.9 Å². The monoisotopic (exact) mass is 375 g/mol. The van der Waals surface area contributed by atoms with Crippen LogP contribution in [0.25, 0.3) is 5.57 Å². The summed E-state index contributed by atoms with van der Waals surface area (Å²) in [4.78, 5) is 0.166. The maximum absolute atomic E-state index is 12.4. The predicted molar refractivity (Wildman–Crippen MR) is 106 cm³/mol. The van der Waals surface area contributed by atoms with Crippen molar-refractivity contribution in [3.63, 3.8) is 0 Å². The van der Waals surface area contributed by atoms with Gasteiger partial charge in [-0.05, 0) is 54.5 Å². The van der Waals surface area contributed by atoms with Gasteiger partial charge in [-0.15, -0.1) is 0 Å². The Balaban J connectivity index is 0.000000228. The molecule has 0 fully saturated rings. The van der Waals surface area contributed by atoms with Crippen molar-refractivity contribution in [3.05, 3.63) is 71.6 Å². The van der Waals surface area contributed by atoms with Crippen molar-refractivity contribution < 1.29 is 12.8 Å². The fraction of sp³-hybridized carbons (Fsp3) is 0.333. The largest absolute Gasteiger partial charge is 0.238 e. The molecule has 0 heterocycles. The van der Waals surface area contributed by atoms with Crippen LogP contribution >= 0.6 is 0 Å². The lowest BCUT2D eigenvalue weighted by atomic mass is 9.88. The molecule has 3 nitrogen and oxygen atoms in total. The van der Waals surface area contributed by atoms with E-state index >= 15 is 0 Å². The number of benzene rings is 1. The van der Waals surface area contributed by atoms with Crippen LogP contribution in [0.4, 0.5) is 4.39 Å². The number of hydrogen-bond acceptors (Lipinski definition) is 2. The van der Waals surface area contributed by atoms with Crippen LogP contribution in [0.1, 0.15) is 45.6 Å². The first kappa shape index (κ1) is 20.3. The Morgan fingerprint density at radius 1 is 1.12 bits per heavy atom. The molecule has 0 spiro atoms. The Morgan fingerprint density at radius 3 is 2.31 bits per heavy atom. The highest BCUT2D eigenvalue weighted by atomic mass is 32.2. The van der Waals surface area contributed by atoms with Crippen molar-refractivity contribution in [2.45, 2.75) is 44.9 Å². The van der Waals surface area contributed by atoms with E-state index in [1.807, 2.05) is 31.2 Å². The lowest BCUT2D eigenvalue weighted by molar-refractivity contribution is 0.403. The van der Waals surface area contributed by atoms with Crippen LogP contribution in [0, 0.1) is 5.41 Å². The molecule has 2 aliphatic rings. The van der Waals surface area contributed by atoms with E-state index in [4.69, 9.17) is 5.14 Å². The lowest BCUT2D eigenvalue weighted by Crippen LogP contribution is -2.11. The molecule has 0 aromatic heterocycles. The van der Waals surface area contributed by atoms with Crippen molar-refractivity contribution >= 4 is 15.6 Å². The van der Waals surface area contributed by atoms with Gasteiger partial charge in [0.05, 0.1) is 4.90 Å². The minimum absolute atomic E-state index is 0.0666. The Morgan fingerprint density at radius 2 is 1.77 bits per heavy atom. The number of nitrogens with two attached hydrogens (primary N) is 1. The molecular formula is C21H26FNO2S. The first-order chi connectivity index (χ1) is 12.1. The van der Waals surface area contributed by atoms with E-state index in [0.29, 0.717) is 11.8 Å². The van der Waals surface area contributed by atoms with Gasteiger partial charge in [-0.2, -0.15) is 0 Å². The molecular weight excluding hydrogens is 349 g/mol. The van der Waals surface area contributed by atoms with Gasteiger partial charge in [0, 0.05) is 6.42 Å². The third-order valence-corrected chi connectivity index (χ3v) is 5.27. The van der Waals surface area contributed by atoms with Gasteiger partial charge in [-0.25, -0.2) is 17.9 Å². The van der Waals surface area contributed by atoms with Gasteiger partial charge in [0.25, 0.3) is 0 Å². The van der Waals surface area contributed by atoms with E-state index in [9.17, 15) is 12.8 Å². The molecule has 0 radical (unpaired) electrons. The van der Waals surface area contributed by atoms with E-state index in [0.717, 1.165) is 24.0 Å². The second-order valence-corrected chi connectivity index (χ2v) is 9.04. The van der Waals surface area contributed by atoms with E-state index in [-0.39, 0.29) is 10.7 Å². The summed E-state index contributed by atoms with van der Waals surface area (Å²) in [6.07, 6.45) is 11.8. The van der Waals surface area contributed by atoms with E-state index in [1.165, 1.54) is 11.6 Å². The molecule has 140 valence electrons. The van der Waals surface area contributed by atoms with Crippen molar-refractivity contribution in [3.8, 4) is 0 Å². The van der Waals surface area contributed by atoms with Gasteiger partial charge in [0.1, 0.15) is 5.83 Å².